The second-order valence-electron chi connectivity index (χ2n) is 5.52. The summed E-state index contributed by atoms with van der Waals surface area (Å²) in [5.41, 5.74) is 2.73. The number of pyridine rings is 1. The van der Waals surface area contributed by atoms with Crippen LogP contribution in [0.25, 0.3) is 17.0 Å². The Bertz CT molecular complexity index is 999. The van der Waals surface area contributed by atoms with Gasteiger partial charge in [0.05, 0.1) is 0 Å². The molecule has 0 saturated carbocycles. The van der Waals surface area contributed by atoms with Crippen molar-refractivity contribution >= 4 is 23.1 Å². The Hall–Kier alpha value is -2.99. The molecule has 4 aromatic rings. The van der Waals surface area contributed by atoms with Gasteiger partial charge in [0.2, 0.25) is 0 Å². The zero-order chi connectivity index (χ0) is 17.1. The molecule has 0 atom stereocenters. The number of aromatic nitrogens is 5. The van der Waals surface area contributed by atoms with Crippen molar-refractivity contribution < 1.29 is 0 Å². The third kappa shape index (κ3) is 3.29. The smallest absolute Gasteiger partial charge is 0.185 e. The summed E-state index contributed by atoms with van der Waals surface area (Å²) in [4.78, 5) is 4.03. The third-order valence-electron chi connectivity index (χ3n) is 3.86. The minimum absolute atomic E-state index is 0.687. The standard InChI is InChI=1S/C18H15ClN6/c19-15-4-2-1-3-13(15)9-12-21-16-5-6-17-22-23-18(25(17)24-16)14-7-10-20-11-8-14/h1-8,10-11H,9,12H2,(H,21,24). The van der Waals surface area contributed by atoms with E-state index in [1.807, 2.05) is 48.5 Å². The molecule has 124 valence electrons. The molecule has 0 saturated heterocycles. The number of hydrogen-bond acceptors (Lipinski definition) is 5. The quantitative estimate of drug-likeness (QED) is 0.596. The van der Waals surface area contributed by atoms with Gasteiger partial charge in [-0.3, -0.25) is 4.98 Å². The van der Waals surface area contributed by atoms with Crippen LogP contribution in [0.4, 0.5) is 5.82 Å². The maximum atomic E-state index is 6.19. The Morgan fingerprint density at radius 1 is 0.960 bits per heavy atom. The number of fused-ring (bicyclic) bond motifs is 1. The van der Waals surface area contributed by atoms with Crippen LogP contribution in [0, 0.1) is 0 Å². The van der Waals surface area contributed by atoms with Crippen LogP contribution in [0.5, 0.6) is 0 Å². The van der Waals surface area contributed by atoms with E-state index in [0.717, 1.165) is 34.9 Å². The highest BCUT2D eigenvalue weighted by Gasteiger charge is 2.09. The summed E-state index contributed by atoms with van der Waals surface area (Å²) in [5, 5.41) is 17.1. The maximum absolute atomic E-state index is 6.19. The van der Waals surface area contributed by atoms with Crippen LogP contribution in [-0.2, 0) is 6.42 Å². The molecule has 0 aliphatic carbocycles. The zero-order valence-corrected chi connectivity index (χ0v) is 14.1. The fourth-order valence-electron chi connectivity index (χ4n) is 2.59. The average Bonchev–Trinajstić information content (AvgIpc) is 3.07. The van der Waals surface area contributed by atoms with Gasteiger partial charge in [-0.2, -0.15) is 4.52 Å². The first-order valence-electron chi connectivity index (χ1n) is 7.91. The fourth-order valence-corrected chi connectivity index (χ4v) is 2.82. The normalized spacial score (nSPS) is 10.9. The molecular formula is C18H15ClN6. The third-order valence-corrected chi connectivity index (χ3v) is 4.23. The molecule has 1 aromatic carbocycles. The first-order valence-corrected chi connectivity index (χ1v) is 8.29. The minimum Gasteiger partial charge on any atom is -0.368 e. The van der Waals surface area contributed by atoms with Crippen molar-refractivity contribution in [3.63, 3.8) is 0 Å². The van der Waals surface area contributed by atoms with Gasteiger partial charge in [-0.25, -0.2) is 0 Å². The van der Waals surface area contributed by atoms with Crippen molar-refractivity contribution in [1.82, 2.24) is 24.8 Å². The molecule has 0 spiro atoms. The fraction of sp³-hybridized carbons (Fsp3) is 0.111. The van der Waals surface area contributed by atoms with E-state index in [1.54, 1.807) is 16.9 Å². The molecule has 6 nitrogen and oxygen atoms in total. The summed E-state index contributed by atoms with van der Waals surface area (Å²) in [6.45, 7) is 0.731. The molecule has 25 heavy (non-hydrogen) atoms. The van der Waals surface area contributed by atoms with Crippen molar-refractivity contribution in [3.8, 4) is 11.4 Å². The Morgan fingerprint density at radius 2 is 1.80 bits per heavy atom. The van der Waals surface area contributed by atoms with E-state index in [2.05, 4.69) is 25.6 Å². The SMILES string of the molecule is Clc1ccccc1CCNc1ccc2nnc(-c3ccncc3)n2n1. The van der Waals surface area contributed by atoms with Crippen LogP contribution in [0.15, 0.2) is 60.9 Å². The zero-order valence-electron chi connectivity index (χ0n) is 13.3. The number of nitrogens with one attached hydrogen (secondary N) is 1. The molecular weight excluding hydrogens is 336 g/mol. The summed E-state index contributed by atoms with van der Waals surface area (Å²) >= 11 is 6.19. The van der Waals surface area contributed by atoms with Gasteiger partial charge in [0.1, 0.15) is 5.82 Å². The summed E-state index contributed by atoms with van der Waals surface area (Å²) in [5.74, 6) is 1.45. The summed E-state index contributed by atoms with van der Waals surface area (Å²) in [6, 6.07) is 15.4. The van der Waals surface area contributed by atoms with Gasteiger partial charge >= 0.3 is 0 Å². The van der Waals surface area contributed by atoms with E-state index in [0.29, 0.717) is 11.5 Å². The summed E-state index contributed by atoms with van der Waals surface area (Å²) in [6.07, 6.45) is 4.27. The van der Waals surface area contributed by atoms with E-state index in [-0.39, 0.29) is 0 Å². The summed E-state index contributed by atoms with van der Waals surface area (Å²) < 4.78 is 1.73. The second-order valence-corrected chi connectivity index (χ2v) is 5.92. The number of benzene rings is 1. The van der Waals surface area contributed by atoms with Crippen LogP contribution >= 0.6 is 11.6 Å². The maximum Gasteiger partial charge on any atom is 0.185 e. The molecule has 1 N–H and O–H groups in total. The van der Waals surface area contributed by atoms with E-state index in [9.17, 15) is 0 Å². The average molecular weight is 351 g/mol. The highest BCUT2D eigenvalue weighted by molar-refractivity contribution is 6.31. The molecule has 4 rings (SSSR count). The molecule has 0 aliphatic rings. The lowest BCUT2D eigenvalue weighted by Crippen LogP contribution is -2.08. The highest BCUT2D eigenvalue weighted by atomic mass is 35.5. The van der Waals surface area contributed by atoms with Crippen LogP contribution in [-0.4, -0.2) is 31.3 Å². The van der Waals surface area contributed by atoms with Gasteiger partial charge in [-0.05, 0) is 42.3 Å². The number of halogens is 1. The van der Waals surface area contributed by atoms with Crippen LogP contribution in [0.2, 0.25) is 5.02 Å². The number of nitrogens with zero attached hydrogens (tertiary/aromatic N) is 5. The lowest BCUT2D eigenvalue weighted by molar-refractivity contribution is 0.915. The molecule has 0 fully saturated rings. The molecule has 7 heteroatoms. The number of rotatable bonds is 5. The van der Waals surface area contributed by atoms with Gasteiger partial charge in [0, 0.05) is 29.5 Å². The second kappa shape index (κ2) is 6.86. The van der Waals surface area contributed by atoms with Gasteiger partial charge in [0.25, 0.3) is 0 Å². The van der Waals surface area contributed by atoms with Crippen LogP contribution in [0.3, 0.4) is 0 Å². The Morgan fingerprint density at radius 3 is 2.64 bits per heavy atom. The lowest BCUT2D eigenvalue weighted by atomic mass is 10.1. The number of anilines is 1. The Labute approximate surface area is 149 Å². The predicted molar refractivity (Wildman–Crippen MR) is 97.7 cm³/mol. The van der Waals surface area contributed by atoms with Crippen LogP contribution in [0.1, 0.15) is 5.56 Å². The van der Waals surface area contributed by atoms with Crippen molar-refractivity contribution in [2.45, 2.75) is 6.42 Å². The van der Waals surface area contributed by atoms with Gasteiger partial charge < -0.3 is 5.32 Å². The molecule has 0 amide bonds. The first kappa shape index (κ1) is 15.5. The largest absolute Gasteiger partial charge is 0.368 e. The highest BCUT2D eigenvalue weighted by Crippen LogP contribution is 2.18. The topological polar surface area (TPSA) is 68.0 Å². The van der Waals surface area contributed by atoms with Gasteiger partial charge in [0.15, 0.2) is 11.5 Å². The predicted octanol–water partition coefficient (Wildman–Crippen LogP) is 3.49. The monoisotopic (exact) mass is 350 g/mol. The molecule has 0 radical (unpaired) electrons. The van der Waals surface area contributed by atoms with Crippen molar-refractivity contribution in [1.29, 1.82) is 0 Å². The van der Waals surface area contributed by atoms with Crippen molar-refractivity contribution in [3.05, 3.63) is 71.5 Å². The molecule has 0 unspecified atom stereocenters. The van der Waals surface area contributed by atoms with Crippen molar-refractivity contribution in [2.24, 2.45) is 0 Å². The van der Waals surface area contributed by atoms with E-state index in [1.165, 1.54) is 0 Å². The molecule has 0 aliphatic heterocycles. The van der Waals surface area contributed by atoms with E-state index in [4.69, 9.17) is 11.6 Å². The minimum atomic E-state index is 0.687. The Balaban J connectivity index is 1.54. The molecule has 3 aromatic heterocycles. The van der Waals surface area contributed by atoms with Gasteiger partial charge in [-0.1, -0.05) is 29.8 Å². The number of hydrogen-bond donors (Lipinski definition) is 1. The first-order chi connectivity index (χ1) is 12.3. The van der Waals surface area contributed by atoms with Crippen LogP contribution < -0.4 is 5.32 Å². The van der Waals surface area contributed by atoms with E-state index < -0.39 is 0 Å². The lowest BCUT2D eigenvalue weighted by Gasteiger charge is -2.07. The van der Waals surface area contributed by atoms with Gasteiger partial charge in [-0.15, -0.1) is 15.3 Å². The molecule has 0 bridgehead atoms. The Kier molecular flexibility index (Phi) is 4.26. The van der Waals surface area contributed by atoms with Crippen molar-refractivity contribution in [2.75, 3.05) is 11.9 Å². The van der Waals surface area contributed by atoms with E-state index >= 15 is 0 Å². The summed E-state index contributed by atoms with van der Waals surface area (Å²) in [7, 11) is 0. The molecule has 3 heterocycles.